The summed E-state index contributed by atoms with van der Waals surface area (Å²) >= 11 is 0. The lowest BCUT2D eigenvalue weighted by Crippen LogP contribution is -2.24. The van der Waals surface area contributed by atoms with Crippen molar-refractivity contribution in [3.8, 4) is 0 Å². The Bertz CT molecular complexity index is 814. The van der Waals surface area contributed by atoms with Crippen molar-refractivity contribution in [2.45, 2.75) is 32.1 Å². The van der Waals surface area contributed by atoms with Gasteiger partial charge in [0.05, 0.1) is 17.3 Å². The van der Waals surface area contributed by atoms with Crippen LogP contribution in [0, 0.1) is 11.7 Å². The van der Waals surface area contributed by atoms with Crippen LogP contribution in [0.25, 0.3) is 0 Å². The van der Waals surface area contributed by atoms with E-state index in [0.717, 1.165) is 5.54 Å². The van der Waals surface area contributed by atoms with Crippen molar-refractivity contribution >= 4 is 24.3 Å². The van der Waals surface area contributed by atoms with Crippen molar-refractivity contribution in [3.63, 3.8) is 0 Å². The largest absolute Gasteiger partial charge is 0.481 e. The lowest BCUT2D eigenvalue weighted by molar-refractivity contribution is -0.137. The minimum atomic E-state index is -0.840. The molecular formula is C20H21F2N3O3. The summed E-state index contributed by atoms with van der Waals surface area (Å²) in [6.45, 7) is 0. The fourth-order valence-corrected chi connectivity index (χ4v) is 2.54. The normalized spacial score (nSPS) is 16.9. The van der Waals surface area contributed by atoms with E-state index >= 15 is 0 Å². The fraction of sp³-hybridized carbons (Fsp3) is 0.300. The smallest absolute Gasteiger partial charge is 0.303 e. The third-order valence-electron chi connectivity index (χ3n) is 4.04. The van der Waals surface area contributed by atoms with Gasteiger partial charge in [0.25, 0.3) is 5.91 Å². The number of nitrogens with zero attached hydrogens (tertiary/aromatic N) is 2. The van der Waals surface area contributed by atoms with Gasteiger partial charge in [-0.1, -0.05) is 18.2 Å². The van der Waals surface area contributed by atoms with Gasteiger partial charge >= 0.3 is 5.97 Å². The van der Waals surface area contributed by atoms with Gasteiger partial charge in [0, 0.05) is 18.9 Å². The second-order valence-corrected chi connectivity index (χ2v) is 6.20. The molecule has 0 fully saturated rings. The van der Waals surface area contributed by atoms with Crippen LogP contribution in [0.2, 0.25) is 0 Å². The van der Waals surface area contributed by atoms with E-state index < -0.39 is 17.8 Å². The van der Waals surface area contributed by atoms with E-state index in [-0.39, 0.29) is 18.7 Å². The van der Waals surface area contributed by atoms with E-state index in [9.17, 15) is 18.5 Å². The van der Waals surface area contributed by atoms with Crippen LogP contribution in [-0.4, -0.2) is 29.4 Å². The van der Waals surface area contributed by atoms with E-state index in [2.05, 4.69) is 9.98 Å². The third kappa shape index (κ3) is 6.86. The van der Waals surface area contributed by atoms with Crippen molar-refractivity contribution < 1.29 is 23.6 Å². The summed E-state index contributed by atoms with van der Waals surface area (Å²) in [5.41, 5.74) is 2.78. The molecule has 0 spiro atoms. The van der Waals surface area contributed by atoms with Gasteiger partial charge in [-0.3, -0.25) is 19.6 Å². The molecule has 1 atom stereocenters. The molecule has 6 nitrogen and oxygen atoms in total. The van der Waals surface area contributed by atoms with Crippen LogP contribution in [0.15, 0.2) is 57.8 Å². The van der Waals surface area contributed by atoms with E-state index in [0.29, 0.717) is 36.2 Å². The molecule has 0 aliphatic heterocycles. The first-order valence-corrected chi connectivity index (χ1v) is 8.86. The molecule has 28 heavy (non-hydrogen) atoms. The highest BCUT2D eigenvalue weighted by Crippen LogP contribution is 2.25. The maximum absolute atomic E-state index is 13.0. The number of allylic oxidation sites excluding steroid dienone is 1. The Labute approximate surface area is 161 Å². The van der Waals surface area contributed by atoms with Gasteiger partial charge in [0.2, 0.25) is 0 Å². The standard InChI is InChI=1S/C20H21F2N3O3/c21-16-8-5-14(6-9-16)13-24-17-10-7-15(20(28)25-22)12-18(17)23-11-3-1-2-4-19(26)27/h5-6,8-13,15H,1-4,7H2,(H,25,28)(H,26,27). The topological polar surface area (TPSA) is 91.1 Å². The predicted molar refractivity (Wildman–Crippen MR) is 102 cm³/mol. The number of unbranched alkanes of at least 4 members (excludes halogenated alkanes) is 2. The van der Waals surface area contributed by atoms with Gasteiger partial charge in [-0.25, -0.2) is 4.39 Å². The first-order chi connectivity index (χ1) is 13.5. The number of nitrogens with one attached hydrogen (secondary N) is 1. The number of hydrogen-bond acceptors (Lipinski definition) is 4. The maximum Gasteiger partial charge on any atom is 0.303 e. The molecule has 0 saturated heterocycles. The quantitative estimate of drug-likeness (QED) is 0.383. The number of carbonyl (C=O) groups excluding carboxylic acids is 1. The molecule has 0 heterocycles. The number of carboxylic acids is 1. The van der Waals surface area contributed by atoms with E-state index in [1.165, 1.54) is 12.1 Å². The molecule has 2 rings (SSSR count). The Morgan fingerprint density at radius 1 is 1.18 bits per heavy atom. The zero-order valence-electron chi connectivity index (χ0n) is 15.1. The number of aliphatic imine (C=N–C) groups is 2. The van der Waals surface area contributed by atoms with E-state index in [1.54, 1.807) is 36.7 Å². The van der Waals surface area contributed by atoms with Crippen molar-refractivity contribution in [1.29, 1.82) is 0 Å². The Balaban J connectivity index is 2.07. The van der Waals surface area contributed by atoms with Gasteiger partial charge in [0.15, 0.2) is 0 Å². The molecule has 2 N–H and O–H groups in total. The van der Waals surface area contributed by atoms with Gasteiger partial charge in [0.1, 0.15) is 5.82 Å². The van der Waals surface area contributed by atoms with Crippen LogP contribution in [0.5, 0.6) is 0 Å². The SMILES string of the molecule is O=C(O)CCCCC=NC1=CC(C(=O)NF)CC=C1N=Cc1ccc(F)cc1. The summed E-state index contributed by atoms with van der Waals surface area (Å²) in [5.74, 6) is -2.63. The predicted octanol–water partition coefficient (Wildman–Crippen LogP) is 3.75. The van der Waals surface area contributed by atoms with Crippen molar-refractivity contribution in [2.24, 2.45) is 15.9 Å². The molecule has 1 aromatic rings. The maximum atomic E-state index is 13.0. The number of aliphatic carboxylic acids is 1. The summed E-state index contributed by atoms with van der Waals surface area (Å²) in [6.07, 6.45) is 8.57. The molecule has 1 aliphatic rings. The molecule has 0 bridgehead atoms. The minimum Gasteiger partial charge on any atom is -0.481 e. The zero-order chi connectivity index (χ0) is 20.4. The number of carbonyl (C=O) groups is 2. The Hall–Kier alpha value is -3.16. The second-order valence-electron chi connectivity index (χ2n) is 6.20. The summed E-state index contributed by atoms with van der Waals surface area (Å²) in [5, 5.41) is 8.63. The number of hydrogen-bond donors (Lipinski definition) is 2. The first kappa shape index (κ1) is 21.1. The molecule has 1 amide bonds. The molecule has 148 valence electrons. The zero-order valence-corrected chi connectivity index (χ0v) is 15.1. The molecular weight excluding hydrogens is 368 g/mol. The monoisotopic (exact) mass is 389 g/mol. The highest BCUT2D eigenvalue weighted by atomic mass is 19.2. The van der Waals surface area contributed by atoms with Crippen LogP contribution in [0.1, 0.15) is 37.7 Å². The molecule has 0 radical (unpaired) electrons. The van der Waals surface area contributed by atoms with Crippen LogP contribution < -0.4 is 5.54 Å². The van der Waals surface area contributed by atoms with Gasteiger partial charge in [-0.2, -0.15) is 5.54 Å². The molecule has 1 aliphatic carbocycles. The number of amides is 1. The van der Waals surface area contributed by atoms with Crippen molar-refractivity contribution in [2.75, 3.05) is 0 Å². The van der Waals surface area contributed by atoms with Crippen LogP contribution in [0.4, 0.5) is 8.87 Å². The highest BCUT2D eigenvalue weighted by molar-refractivity contribution is 5.82. The van der Waals surface area contributed by atoms with Crippen LogP contribution in [-0.2, 0) is 9.59 Å². The Morgan fingerprint density at radius 2 is 1.93 bits per heavy atom. The molecule has 0 saturated carbocycles. The van der Waals surface area contributed by atoms with Crippen LogP contribution in [0.3, 0.4) is 0 Å². The summed E-state index contributed by atoms with van der Waals surface area (Å²) in [4.78, 5) is 30.7. The van der Waals surface area contributed by atoms with Crippen molar-refractivity contribution in [3.05, 3.63) is 59.2 Å². The highest BCUT2D eigenvalue weighted by Gasteiger charge is 2.21. The van der Waals surface area contributed by atoms with Gasteiger partial charge in [-0.15, -0.1) is 4.48 Å². The summed E-state index contributed by atoms with van der Waals surface area (Å²) < 4.78 is 25.4. The van der Waals surface area contributed by atoms with Crippen molar-refractivity contribution in [1.82, 2.24) is 5.54 Å². The number of halogens is 2. The molecule has 1 aromatic carbocycles. The minimum absolute atomic E-state index is 0.0996. The average molecular weight is 389 g/mol. The van der Waals surface area contributed by atoms with Gasteiger partial charge in [-0.05, 0) is 49.5 Å². The van der Waals surface area contributed by atoms with E-state index in [4.69, 9.17) is 5.11 Å². The molecule has 1 unspecified atom stereocenters. The second kappa shape index (κ2) is 10.9. The fourth-order valence-electron chi connectivity index (χ4n) is 2.54. The summed E-state index contributed by atoms with van der Waals surface area (Å²) in [7, 11) is 0. The lowest BCUT2D eigenvalue weighted by atomic mass is 9.97. The summed E-state index contributed by atoms with van der Waals surface area (Å²) in [6, 6.07) is 5.81. The third-order valence-corrected chi connectivity index (χ3v) is 4.04. The number of benzene rings is 1. The molecule has 0 aromatic heterocycles. The number of carboxylic acid groups (broad SMARTS) is 1. The first-order valence-electron chi connectivity index (χ1n) is 8.86. The van der Waals surface area contributed by atoms with Crippen LogP contribution >= 0.6 is 0 Å². The average Bonchev–Trinajstić information content (AvgIpc) is 2.69. The number of rotatable bonds is 9. The van der Waals surface area contributed by atoms with E-state index in [1.807, 2.05) is 0 Å². The Morgan fingerprint density at radius 3 is 2.61 bits per heavy atom. The molecule has 8 heteroatoms. The Kier molecular flexibility index (Phi) is 8.20. The van der Waals surface area contributed by atoms with Gasteiger partial charge < -0.3 is 5.11 Å². The lowest BCUT2D eigenvalue weighted by Gasteiger charge is -2.15.